The minimum Gasteiger partial charge on any atom is -0.482 e. The van der Waals surface area contributed by atoms with E-state index >= 15 is 0 Å². The van der Waals surface area contributed by atoms with Crippen molar-refractivity contribution in [3.05, 3.63) is 60.8 Å². The van der Waals surface area contributed by atoms with E-state index in [1.807, 2.05) is 18.2 Å². The van der Waals surface area contributed by atoms with Gasteiger partial charge in [0.1, 0.15) is 5.75 Å². The topological polar surface area (TPSA) is 112 Å². The molecule has 12 heteroatoms. The minimum atomic E-state index is -4.60. The number of ether oxygens (including phenoxy) is 1. The standard InChI is InChI=1S/C21H18F3N5O3S/c1-33(30,31)16-7-8-17(18(10-16)32-12-21(22,23)24)26-20-27-19-9-4-14(11-29(19)28-20)13-2-5-15(25)6-3-13/h2-11H,12,25H2,1H3,(H,26,28). The zero-order valence-corrected chi connectivity index (χ0v) is 18.0. The molecule has 172 valence electrons. The second-order valence-electron chi connectivity index (χ2n) is 7.24. The molecule has 4 aromatic rings. The monoisotopic (exact) mass is 477 g/mol. The maximum atomic E-state index is 12.7. The van der Waals surface area contributed by atoms with Crippen LogP contribution in [-0.4, -0.2) is 42.1 Å². The Hall–Kier alpha value is -3.80. The summed E-state index contributed by atoms with van der Waals surface area (Å²) in [4.78, 5) is 4.12. The van der Waals surface area contributed by atoms with E-state index in [0.29, 0.717) is 11.3 Å². The Kier molecular flexibility index (Phi) is 5.62. The molecule has 3 N–H and O–H groups in total. The van der Waals surface area contributed by atoms with E-state index in [0.717, 1.165) is 23.4 Å². The highest BCUT2D eigenvalue weighted by molar-refractivity contribution is 7.90. The summed E-state index contributed by atoms with van der Waals surface area (Å²) in [6.45, 7) is -1.58. The van der Waals surface area contributed by atoms with Gasteiger partial charge in [-0.1, -0.05) is 12.1 Å². The number of pyridine rings is 1. The van der Waals surface area contributed by atoms with Gasteiger partial charge in [-0.05, 0) is 42.0 Å². The number of rotatable bonds is 6. The van der Waals surface area contributed by atoms with E-state index < -0.39 is 22.6 Å². The van der Waals surface area contributed by atoms with E-state index in [1.54, 1.807) is 24.4 Å². The van der Waals surface area contributed by atoms with Crippen molar-refractivity contribution in [3.63, 3.8) is 0 Å². The molecule has 2 aromatic carbocycles. The number of alkyl halides is 3. The second-order valence-corrected chi connectivity index (χ2v) is 9.25. The lowest BCUT2D eigenvalue weighted by molar-refractivity contribution is -0.153. The van der Waals surface area contributed by atoms with Gasteiger partial charge in [-0.2, -0.15) is 18.2 Å². The third-order valence-electron chi connectivity index (χ3n) is 4.59. The smallest absolute Gasteiger partial charge is 0.422 e. The molecule has 0 spiro atoms. The first kappa shape index (κ1) is 22.4. The van der Waals surface area contributed by atoms with Crippen LogP contribution in [0, 0.1) is 0 Å². The Balaban J connectivity index is 1.65. The number of fused-ring (bicyclic) bond motifs is 1. The fraction of sp³-hybridized carbons (Fsp3) is 0.143. The summed E-state index contributed by atoms with van der Waals surface area (Å²) in [6.07, 6.45) is -1.91. The summed E-state index contributed by atoms with van der Waals surface area (Å²) in [6, 6.07) is 14.4. The molecular formula is C21H18F3N5O3S. The predicted molar refractivity (Wildman–Crippen MR) is 117 cm³/mol. The van der Waals surface area contributed by atoms with Crippen LogP contribution < -0.4 is 15.8 Å². The van der Waals surface area contributed by atoms with Crippen molar-refractivity contribution < 1.29 is 26.3 Å². The van der Waals surface area contributed by atoms with Gasteiger partial charge in [0.2, 0.25) is 5.95 Å². The molecule has 2 aromatic heterocycles. The Morgan fingerprint density at radius 3 is 2.42 bits per heavy atom. The Morgan fingerprint density at radius 2 is 1.76 bits per heavy atom. The minimum absolute atomic E-state index is 0.0846. The van der Waals surface area contributed by atoms with E-state index in [9.17, 15) is 21.6 Å². The lowest BCUT2D eigenvalue weighted by Gasteiger charge is -2.14. The first-order valence-corrected chi connectivity index (χ1v) is 11.4. The molecule has 0 aliphatic heterocycles. The average Bonchev–Trinajstić information content (AvgIpc) is 3.13. The predicted octanol–water partition coefficient (Wildman–Crippen LogP) is 4.07. The van der Waals surface area contributed by atoms with Gasteiger partial charge in [0.25, 0.3) is 0 Å². The number of sulfone groups is 1. The molecule has 0 aliphatic carbocycles. The van der Waals surface area contributed by atoms with Gasteiger partial charge in [-0.3, -0.25) is 0 Å². The number of anilines is 3. The fourth-order valence-electron chi connectivity index (χ4n) is 3.02. The van der Waals surface area contributed by atoms with Crippen molar-refractivity contribution in [2.24, 2.45) is 0 Å². The second kappa shape index (κ2) is 8.28. The molecule has 2 heterocycles. The van der Waals surface area contributed by atoms with Gasteiger partial charge in [0.15, 0.2) is 22.1 Å². The highest BCUT2D eigenvalue weighted by Crippen LogP contribution is 2.31. The van der Waals surface area contributed by atoms with Crippen LogP contribution in [0.4, 0.5) is 30.5 Å². The van der Waals surface area contributed by atoms with E-state index in [4.69, 9.17) is 10.5 Å². The summed E-state index contributed by atoms with van der Waals surface area (Å²) >= 11 is 0. The fourth-order valence-corrected chi connectivity index (χ4v) is 3.65. The lowest BCUT2D eigenvalue weighted by Crippen LogP contribution is -2.19. The van der Waals surface area contributed by atoms with Crippen molar-refractivity contribution in [2.45, 2.75) is 11.1 Å². The number of aromatic nitrogens is 3. The molecule has 0 saturated heterocycles. The quantitative estimate of drug-likeness (QED) is 0.403. The van der Waals surface area contributed by atoms with Crippen LogP contribution in [0.1, 0.15) is 0 Å². The Bertz CT molecular complexity index is 1420. The highest BCUT2D eigenvalue weighted by atomic mass is 32.2. The van der Waals surface area contributed by atoms with Crippen LogP contribution in [0.3, 0.4) is 0 Å². The third kappa shape index (κ3) is 5.34. The highest BCUT2D eigenvalue weighted by Gasteiger charge is 2.29. The molecule has 0 atom stereocenters. The van der Waals surface area contributed by atoms with E-state index in [-0.39, 0.29) is 22.3 Å². The van der Waals surface area contributed by atoms with Gasteiger partial charge in [0, 0.05) is 29.8 Å². The van der Waals surface area contributed by atoms with Crippen LogP contribution >= 0.6 is 0 Å². The summed E-state index contributed by atoms with van der Waals surface area (Å²) < 4.78 is 68.0. The molecule has 0 aliphatic rings. The maximum absolute atomic E-state index is 12.7. The first-order valence-electron chi connectivity index (χ1n) is 9.51. The van der Waals surface area contributed by atoms with Gasteiger partial charge >= 0.3 is 6.18 Å². The third-order valence-corrected chi connectivity index (χ3v) is 5.70. The Labute approximate surface area is 186 Å². The van der Waals surface area contributed by atoms with Gasteiger partial charge in [-0.25, -0.2) is 12.9 Å². The van der Waals surface area contributed by atoms with E-state index in [1.165, 1.54) is 16.6 Å². The normalized spacial score (nSPS) is 12.1. The van der Waals surface area contributed by atoms with Gasteiger partial charge in [-0.15, -0.1) is 5.10 Å². The summed E-state index contributed by atoms with van der Waals surface area (Å²) in [7, 11) is -3.66. The number of halogens is 3. The number of hydrogen-bond acceptors (Lipinski definition) is 7. The molecular weight excluding hydrogens is 459 g/mol. The number of nitrogens with zero attached hydrogens (tertiary/aromatic N) is 3. The van der Waals surface area contributed by atoms with Gasteiger partial charge in [0.05, 0.1) is 10.6 Å². The zero-order chi connectivity index (χ0) is 23.8. The van der Waals surface area contributed by atoms with Crippen molar-refractivity contribution >= 4 is 32.8 Å². The SMILES string of the molecule is CS(=O)(=O)c1ccc(Nc2nc3ccc(-c4ccc(N)cc4)cn3n2)c(OCC(F)(F)F)c1. The van der Waals surface area contributed by atoms with Crippen molar-refractivity contribution in [3.8, 4) is 16.9 Å². The van der Waals surface area contributed by atoms with Crippen LogP contribution in [-0.2, 0) is 9.84 Å². The molecule has 0 radical (unpaired) electrons. The lowest BCUT2D eigenvalue weighted by atomic mass is 10.1. The van der Waals surface area contributed by atoms with Gasteiger partial charge < -0.3 is 15.8 Å². The number of hydrogen-bond donors (Lipinski definition) is 2. The van der Waals surface area contributed by atoms with Crippen LogP contribution in [0.5, 0.6) is 5.75 Å². The van der Waals surface area contributed by atoms with Crippen LogP contribution in [0.2, 0.25) is 0 Å². The number of nitrogen functional groups attached to an aromatic ring is 1. The Morgan fingerprint density at radius 1 is 1.06 bits per heavy atom. The molecule has 0 bridgehead atoms. The molecule has 4 rings (SSSR count). The maximum Gasteiger partial charge on any atom is 0.422 e. The summed E-state index contributed by atoms with van der Waals surface area (Å²) in [5, 5.41) is 7.10. The number of benzene rings is 2. The molecule has 0 amide bonds. The molecule has 8 nitrogen and oxygen atoms in total. The van der Waals surface area contributed by atoms with Crippen LogP contribution in [0.15, 0.2) is 65.7 Å². The van der Waals surface area contributed by atoms with Crippen molar-refractivity contribution in [2.75, 3.05) is 23.9 Å². The molecule has 0 saturated carbocycles. The van der Waals surface area contributed by atoms with Crippen molar-refractivity contribution in [1.29, 1.82) is 0 Å². The summed E-state index contributed by atoms with van der Waals surface area (Å²) in [5.74, 6) is -0.204. The zero-order valence-electron chi connectivity index (χ0n) is 17.2. The van der Waals surface area contributed by atoms with Crippen molar-refractivity contribution in [1.82, 2.24) is 14.6 Å². The molecule has 0 fully saturated rings. The molecule has 0 unspecified atom stereocenters. The first-order chi connectivity index (χ1) is 15.5. The largest absolute Gasteiger partial charge is 0.482 e. The van der Waals surface area contributed by atoms with E-state index in [2.05, 4.69) is 15.4 Å². The number of nitrogens with two attached hydrogens (primary N) is 1. The molecule has 33 heavy (non-hydrogen) atoms. The summed E-state index contributed by atoms with van der Waals surface area (Å²) in [5.41, 5.74) is 8.69. The number of nitrogens with one attached hydrogen (secondary N) is 1. The van der Waals surface area contributed by atoms with Crippen LogP contribution in [0.25, 0.3) is 16.8 Å². The average molecular weight is 477 g/mol.